The molecule has 44 heavy (non-hydrogen) atoms. The lowest BCUT2D eigenvalue weighted by atomic mass is 9.43. The van der Waals surface area contributed by atoms with Crippen molar-refractivity contribution >= 4 is 29.5 Å². The quantitative estimate of drug-likeness (QED) is 0.358. The lowest BCUT2D eigenvalue weighted by Gasteiger charge is -2.62. The van der Waals surface area contributed by atoms with Crippen LogP contribution < -0.4 is 0 Å². The van der Waals surface area contributed by atoms with Crippen molar-refractivity contribution in [3.05, 3.63) is 40.9 Å². The number of amides is 2. The predicted molar refractivity (Wildman–Crippen MR) is 175 cm³/mol. The van der Waals surface area contributed by atoms with Crippen molar-refractivity contribution in [3.63, 3.8) is 0 Å². The monoisotopic (exact) mass is 624 g/mol. The molecule has 5 aliphatic rings. The van der Waals surface area contributed by atoms with Crippen LogP contribution in [0.25, 0.3) is 6.08 Å². The Morgan fingerprint density at radius 2 is 1.64 bits per heavy atom. The fraction of sp³-hybridized carbons (Fsp3) is 0.730. The number of halogens is 1. The summed E-state index contributed by atoms with van der Waals surface area (Å²) in [5.41, 5.74) is 1.30. The molecule has 10 atom stereocenters. The number of rotatable bonds is 6. The van der Waals surface area contributed by atoms with Gasteiger partial charge in [0.1, 0.15) is 0 Å². The van der Waals surface area contributed by atoms with Crippen molar-refractivity contribution in [1.82, 2.24) is 9.80 Å². The van der Waals surface area contributed by atoms with Gasteiger partial charge < -0.3 is 20.0 Å². The summed E-state index contributed by atoms with van der Waals surface area (Å²) in [5, 5.41) is 22.5. The highest BCUT2D eigenvalue weighted by atomic mass is 35.5. The van der Waals surface area contributed by atoms with Crippen LogP contribution in [0.15, 0.2) is 30.3 Å². The average Bonchev–Trinajstić information content (AvgIpc) is 3.37. The van der Waals surface area contributed by atoms with E-state index in [0.717, 1.165) is 37.7 Å². The first-order chi connectivity index (χ1) is 21.0. The van der Waals surface area contributed by atoms with Gasteiger partial charge >= 0.3 is 0 Å². The zero-order valence-corrected chi connectivity index (χ0v) is 27.7. The van der Waals surface area contributed by atoms with E-state index >= 15 is 0 Å². The summed E-state index contributed by atoms with van der Waals surface area (Å²) in [6.45, 7) is 9.62. The number of nitrogens with zero attached hydrogens (tertiary/aromatic N) is 2. The first kappa shape index (κ1) is 32.1. The molecule has 0 radical (unpaired) electrons. The number of aliphatic hydroxyl groups excluding tert-OH is 2. The van der Waals surface area contributed by atoms with Crippen LogP contribution in [-0.4, -0.2) is 70.2 Å². The fourth-order valence-electron chi connectivity index (χ4n) is 10.9. The maximum absolute atomic E-state index is 13.3. The molecule has 6 nitrogen and oxygen atoms in total. The number of carbonyl (C=O) groups is 2. The summed E-state index contributed by atoms with van der Waals surface area (Å²) >= 11 is 6.21. The molecular formula is C37H53ClN2O4. The molecule has 1 aromatic carbocycles. The number of piperazine rings is 1. The smallest absolute Gasteiger partial charge is 0.246 e. The Labute approximate surface area is 269 Å². The zero-order chi connectivity index (χ0) is 31.2. The van der Waals surface area contributed by atoms with E-state index in [1.54, 1.807) is 12.2 Å². The van der Waals surface area contributed by atoms with Gasteiger partial charge in [0, 0.05) is 43.7 Å². The summed E-state index contributed by atoms with van der Waals surface area (Å²) < 4.78 is 0. The van der Waals surface area contributed by atoms with Crippen molar-refractivity contribution < 1.29 is 19.8 Å². The largest absolute Gasteiger partial charge is 0.393 e. The Morgan fingerprint density at radius 3 is 2.39 bits per heavy atom. The fourth-order valence-corrected chi connectivity index (χ4v) is 11.1. The predicted octanol–water partition coefficient (Wildman–Crippen LogP) is 6.43. The van der Waals surface area contributed by atoms with E-state index in [9.17, 15) is 19.8 Å². The molecule has 4 saturated carbocycles. The standard InChI is InChI=1S/C37H53ClN2O4/c1-24(8-12-33(43)39-18-20-40(21-19-39)34(44)13-9-25-6-4-5-7-31(25)38)28-10-11-29-35-30(15-17-37(28,29)3)36(2)16-14-27(41)22-26(36)23-32(35)42/h4-7,9,13,24,26-30,32,35,41-42H,8,10-12,14-23H2,1-3H3/b13-9+/t24-,26+,27-,28-,29+,30+,32+,35+,36+,37-/m1/s1. The maximum atomic E-state index is 13.3. The third kappa shape index (κ3) is 5.88. The average molecular weight is 625 g/mol. The maximum Gasteiger partial charge on any atom is 0.246 e. The molecule has 0 spiro atoms. The number of benzene rings is 1. The molecule has 0 aromatic heterocycles. The van der Waals surface area contributed by atoms with Crippen LogP contribution in [0.2, 0.25) is 5.02 Å². The first-order valence-electron chi connectivity index (χ1n) is 17.4. The second-order valence-corrected chi connectivity index (χ2v) is 15.9. The molecule has 2 N–H and O–H groups in total. The van der Waals surface area contributed by atoms with Crippen molar-refractivity contribution in [2.45, 2.75) is 97.2 Å². The molecular weight excluding hydrogens is 572 g/mol. The third-order valence-electron chi connectivity index (χ3n) is 13.5. The van der Waals surface area contributed by atoms with Crippen LogP contribution >= 0.6 is 11.6 Å². The van der Waals surface area contributed by atoms with Crippen LogP contribution in [0.1, 0.15) is 90.5 Å². The molecule has 1 aliphatic heterocycles. The third-order valence-corrected chi connectivity index (χ3v) is 13.8. The number of carbonyl (C=O) groups excluding carboxylic acids is 2. The molecule has 6 rings (SSSR count). The summed E-state index contributed by atoms with van der Waals surface area (Å²) in [6.07, 6.45) is 12.9. The highest BCUT2D eigenvalue weighted by molar-refractivity contribution is 6.32. The Morgan fingerprint density at radius 1 is 0.955 bits per heavy atom. The highest BCUT2D eigenvalue weighted by Crippen LogP contribution is 2.68. The lowest BCUT2D eigenvalue weighted by Crippen LogP contribution is -2.58. The number of aliphatic hydroxyl groups is 2. The molecule has 2 amide bonds. The number of fused-ring (bicyclic) bond motifs is 5. The van der Waals surface area contributed by atoms with Gasteiger partial charge in [-0.3, -0.25) is 9.59 Å². The Kier molecular flexibility index (Phi) is 9.27. The molecule has 5 fully saturated rings. The van der Waals surface area contributed by atoms with Gasteiger partial charge in [0.15, 0.2) is 0 Å². The normalized spacial score (nSPS) is 39.5. The van der Waals surface area contributed by atoms with Crippen LogP contribution in [0.5, 0.6) is 0 Å². The van der Waals surface area contributed by atoms with E-state index in [1.165, 1.54) is 25.7 Å². The van der Waals surface area contributed by atoms with E-state index in [1.807, 2.05) is 34.1 Å². The van der Waals surface area contributed by atoms with Crippen molar-refractivity contribution in [2.75, 3.05) is 26.2 Å². The Balaban J connectivity index is 1.00. The Bertz CT molecular complexity index is 1250. The molecule has 242 valence electrons. The van der Waals surface area contributed by atoms with Crippen molar-refractivity contribution in [3.8, 4) is 0 Å². The second kappa shape index (κ2) is 12.7. The van der Waals surface area contributed by atoms with Gasteiger partial charge in [0.05, 0.1) is 12.2 Å². The van der Waals surface area contributed by atoms with Gasteiger partial charge in [-0.25, -0.2) is 0 Å². The number of hydrogen-bond donors (Lipinski definition) is 2. The molecule has 7 heteroatoms. The van der Waals surface area contributed by atoms with Gasteiger partial charge in [-0.05, 0) is 122 Å². The summed E-state index contributed by atoms with van der Waals surface area (Å²) in [6, 6.07) is 7.47. The van der Waals surface area contributed by atoms with Crippen molar-refractivity contribution in [1.29, 1.82) is 0 Å². The highest BCUT2D eigenvalue weighted by Gasteiger charge is 2.62. The molecule has 1 aromatic rings. The van der Waals surface area contributed by atoms with E-state index in [2.05, 4.69) is 20.8 Å². The Hall–Kier alpha value is -1.89. The summed E-state index contributed by atoms with van der Waals surface area (Å²) in [7, 11) is 0. The van der Waals surface area contributed by atoms with Crippen LogP contribution in [-0.2, 0) is 9.59 Å². The van der Waals surface area contributed by atoms with Gasteiger partial charge in [0.2, 0.25) is 11.8 Å². The van der Waals surface area contributed by atoms with E-state index in [-0.39, 0.29) is 34.9 Å². The molecule has 1 saturated heterocycles. The van der Waals surface area contributed by atoms with Crippen LogP contribution in [0.3, 0.4) is 0 Å². The first-order valence-corrected chi connectivity index (χ1v) is 17.7. The van der Waals surface area contributed by atoms with Gasteiger partial charge in [0.25, 0.3) is 0 Å². The molecule has 1 heterocycles. The van der Waals surface area contributed by atoms with Gasteiger partial charge in [-0.2, -0.15) is 0 Å². The van der Waals surface area contributed by atoms with E-state index in [4.69, 9.17) is 11.6 Å². The van der Waals surface area contributed by atoms with Crippen LogP contribution in [0.4, 0.5) is 0 Å². The topological polar surface area (TPSA) is 81.1 Å². The number of hydrogen-bond acceptors (Lipinski definition) is 4. The lowest BCUT2D eigenvalue weighted by molar-refractivity contribution is -0.174. The van der Waals surface area contributed by atoms with Gasteiger partial charge in [-0.1, -0.05) is 50.6 Å². The van der Waals surface area contributed by atoms with Crippen molar-refractivity contribution in [2.24, 2.45) is 46.3 Å². The minimum atomic E-state index is -0.249. The molecule has 4 aliphatic carbocycles. The van der Waals surface area contributed by atoms with Gasteiger partial charge in [-0.15, -0.1) is 0 Å². The van der Waals surface area contributed by atoms with Crippen LogP contribution in [0, 0.1) is 46.3 Å². The minimum absolute atomic E-state index is 0.0435. The van der Waals surface area contributed by atoms with E-state index < -0.39 is 0 Å². The summed E-state index contributed by atoms with van der Waals surface area (Å²) in [5.74, 6) is 3.17. The second-order valence-electron chi connectivity index (χ2n) is 15.5. The van der Waals surface area contributed by atoms with E-state index in [0.29, 0.717) is 73.1 Å². The molecule has 0 bridgehead atoms. The zero-order valence-electron chi connectivity index (χ0n) is 27.0. The molecule has 0 unspecified atom stereocenters. The summed E-state index contributed by atoms with van der Waals surface area (Å²) in [4.78, 5) is 29.8. The SMILES string of the molecule is C[C@H](CCC(=O)N1CCN(C(=O)/C=C/c2ccccc2Cl)CC1)[C@H]1CC[C@H]2[C@@H]3[C@@H](O)C[C@@H]4C[C@H](O)CC[C@]4(C)[C@H]3CC[C@]12C. The minimum Gasteiger partial charge on any atom is -0.393 e.